The molecule has 246 valence electrons. The van der Waals surface area contributed by atoms with Gasteiger partial charge < -0.3 is 19.0 Å². The quantitative estimate of drug-likeness (QED) is 0.0541. The molecule has 6 heteroatoms. The van der Waals surface area contributed by atoms with Gasteiger partial charge in [0.15, 0.2) is 8.32 Å². The number of carbonyl (C=O) groups excluding carboxylic acids is 1. The lowest BCUT2D eigenvalue weighted by Gasteiger charge is -2.41. The summed E-state index contributed by atoms with van der Waals surface area (Å²) in [6.07, 6.45) is 23.2. The summed E-state index contributed by atoms with van der Waals surface area (Å²) in [6, 6.07) is 0. The third-order valence-corrected chi connectivity index (χ3v) is 13.9. The molecule has 0 aromatic heterocycles. The Labute approximate surface area is 261 Å². The van der Waals surface area contributed by atoms with Crippen molar-refractivity contribution in [3.8, 4) is 11.8 Å². The molecule has 1 saturated heterocycles. The van der Waals surface area contributed by atoms with Crippen molar-refractivity contribution in [1.29, 1.82) is 0 Å². The van der Waals surface area contributed by atoms with Crippen LogP contribution in [0.5, 0.6) is 0 Å². The van der Waals surface area contributed by atoms with E-state index >= 15 is 0 Å². The number of esters is 1. The first-order valence-corrected chi connectivity index (χ1v) is 20.5. The van der Waals surface area contributed by atoms with Crippen molar-refractivity contribution in [3.05, 3.63) is 0 Å². The Hall–Kier alpha value is -0.873. The van der Waals surface area contributed by atoms with Gasteiger partial charge in [0.2, 0.25) is 0 Å². The van der Waals surface area contributed by atoms with Crippen LogP contribution in [0.2, 0.25) is 18.1 Å². The monoisotopic (exact) mass is 608 g/mol. The van der Waals surface area contributed by atoms with Gasteiger partial charge in [0.25, 0.3) is 0 Å². The van der Waals surface area contributed by atoms with Crippen molar-refractivity contribution in [3.63, 3.8) is 0 Å². The summed E-state index contributed by atoms with van der Waals surface area (Å²) in [5.41, 5.74) is 0. The van der Waals surface area contributed by atoms with Crippen LogP contribution in [0.1, 0.15) is 163 Å². The summed E-state index contributed by atoms with van der Waals surface area (Å²) in [7, 11) is -0.482. The molecule has 0 radical (unpaired) electrons. The number of hydrogen-bond donors (Lipinski definition) is 1. The second-order valence-corrected chi connectivity index (χ2v) is 18.9. The van der Waals surface area contributed by atoms with Crippen LogP contribution < -0.4 is 0 Å². The van der Waals surface area contributed by atoms with Gasteiger partial charge >= 0.3 is 5.97 Å². The van der Waals surface area contributed by atoms with Crippen molar-refractivity contribution >= 4 is 14.3 Å². The van der Waals surface area contributed by atoms with Crippen LogP contribution >= 0.6 is 0 Å². The van der Waals surface area contributed by atoms with E-state index < -0.39 is 14.4 Å². The Balaban J connectivity index is 2.43. The fraction of sp³-hybridized carbons (Fsp3) is 0.917. The van der Waals surface area contributed by atoms with Crippen LogP contribution in [0.3, 0.4) is 0 Å². The molecule has 0 aliphatic carbocycles. The minimum Gasteiger partial charge on any atom is -0.469 e. The topological polar surface area (TPSA) is 65.0 Å². The number of methoxy groups -OCH3 is 1. The molecular weight excluding hydrogens is 540 g/mol. The van der Waals surface area contributed by atoms with Crippen LogP contribution in [0.4, 0.5) is 0 Å². The molecule has 0 unspecified atom stereocenters. The van der Waals surface area contributed by atoms with Crippen molar-refractivity contribution in [2.24, 2.45) is 0 Å². The number of hydrogen-bond acceptors (Lipinski definition) is 5. The van der Waals surface area contributed by atoms with E-state index in [1.165, 1.54) is 71.3 Å². The lowest BCUT2D eigenvalue weighted by Crippen LogP contribution is -2.47. The number of aliphatic hydroxyl groups is 1. The first-order valence-electron chi connectivity index (χ1n) is 17.6. The van der Waals surface area contributed by atoms with Gasteiger partial charge in [-0.25, -0.2) is 0 Å². The van der Waals surface area contributed by atoms with E-state index in [1.54, 1.807) is 0 Å². The van der Waals surface area contributed by atoms with Crippen LogP contribution in [0.25, 0.3) is 0 Å². The number of carbonyl (C=O) groups is 1. The molecule has 0 aromatic carbocycles. The highest BCUT2D eigenvalue weighted by atomic mass is 28.4. The Kier molecular flexibility index (Phi) is 21.1. The maximum atomic E-state index is 11.2. The zero-order valence-electron chi connectivity index (χ0n) is 28.7. The van der Waals surface area contributed by atoms with Gasteiger partial charge in [0.1, 0.15) is 6.10 Å². The molecule has 1 aliphatic rings. The first-order chi connectivity index (χ1) is 20.0. The lowest BCUT2D eigenvalue weighted by atomic mass is 10.0. The van der Waals surface area contributed by atoms with E-state index in [0.717, 1.165) is 64.2 Å². The maximum Gasteiger partial charge on any atom is 0.305 e. The Morgan fingerprint density at radius 1 is 0.857 bits per heavy atom. The molecule has 1 N–H and O–H groups in total. The van der Waals surface area contributed by atoms with Crippen LogP contribution in [-0.4, -0.2) is 50.9 Å². The lowest BCUT2D eigenvalue weighted by molar-refractivity contribution is -0.140. The zero-order valence-corrected chi connectivity index (χ0v) is 29.7. The second-order valence-electron chi connectivity index (χ2n) is 14.1. The SMILES string of the molecule is CCCCCCCCCCCC[C@@H](O[Si](C)(C)C(C)(C)C)[C@H]1CC[C@H]([C@H](O)C#CCCCCCCCCC(=O)OC)O1. The molecule has 0 amide bonds. The molecule has 1 heterocycles. The molecule has 0 spiro atoms. The van der Waals surface area contributed by atoms with E-state index in [2.05, 4.69) is 57.4 Å². The van der Waals surface area contributed by atoms with E-state index in [9.17, 15) is 9.90 Å². The smallest absolute Gasteiger partial charge is 0.305 e. The maximum absolute atomic E-state index is 11.2. The summed E-state index contributed by atoms with van der Waals surface area (Å²) in [5, 5.41) is 10.9. The van der Waals surface area contributed by atoms with E-state index in [4.69, 9.17) is 9.16 Å². The Morgan fingerprint density at radius 2 is 1.38 bits per heavy atom. The van der Waals surface area contributed by atoms with Crippen LogP contribution in [0, 0.1) is 11.8 Å². The molecule has 42 heavy (non-hydrogen) atoms. The highest BCUT2D eigenvalue weighted by Gasteiger charge is 2.43. The Bertz CT molecular complexity index is 750. The van der Waals surface area contributed by atoms with Gasteiger partial charge in [-0.2, -0.15) is 0 Å². The predicted molar refractivity (Wildman–Crippen MR) is 179 cm³/mol. The van der Waals surface area contributed by atoms with Crippen LogP contribution in [-0.2, 0) is 18.7 Å². The standard InChI is InChI=1S/C36H68O5Si/c1-8-9-10-11-12-13-14-18-21-24-27-34(41-42(6,7)36(2,3)4)33-30-29-32(40-33)31(37)26-23-20-17-15-16-19-22-25-28-35(38)39-5/h31-34,37H,8-22,24-25,27-30H2,1-7H3/t31-,32-,33-,34-/m1/s1. The van der Waals surface area contributed by atoms with Gasteiger partial charge in [-0.1, -0.05) is 124 Å². The minimum absolute atomic E-state index is 0.0540. The normalized spacial score (nSPS) is 18.9. The summed E-state index contributed by atoms with van der Waals surface area (Å²) in [6.45, 7) is 13.9. The number of aliphatic hydroxyl groups excluding tert-OH is 1. The average Bonchev–Trinajstić information content (AvgIpc) is 3.44. The molecule has 0 bridgehead atoms. The minimum atomic E-state index is -1.92. The number of unbranched alkanes of at least 4 members (excludes halogenated alkanes) is 15. The van der Waals surface area contributed by atoms with Crippen molar-refractivity contribution < 1.29 is 23.8 Å². The molecule has 1 rings (SSSR count). The van der Waals surface area contributed by atoms with Crippen LogP contribution in [0.15, 0.2) is 0 Å². The molecule has 4 atom stereocenters. The predicted octanol–water partition coefficient (Wildman–Crippen LogP) is 9.89. The van der Waals surface area contributed by atoms with Crippen molar-refractivity contribution in [1.82, 2.24) is 0 Å². The first kappa shape index (κ1) is 39.2. The van der Waals surface area contributed by atoms with Gasteiger partial charge in [-0.3, -0.25) is 4.79 Å². The fourth-order valence-corrected chi connectivity index (χ4v) is 6.85. The third kappa shape index (κ3) is 17.4. The van der Waals surface area contributed by atoms with E-state index in [0.29, 0.717) is 6.42 Å². The highest BCUT2D eigenvalue weighted by molar-refractivity contribution is 6.74. The summed E-state index contributed by atoms with van der Waals surface area (Å²) < 4.78 is 18.1. The van der Waals surface area contributed by atoms with Gasteiger partial charge in [-0.15, -0.1) is 5.92 Å². The number of rotatable bonds is 23. The number of ether oxygens (including phenoxy) is 2. The largest absolute Gasteiger partial charge is 0.469 e. The van der Waals surface area contributed by atoms with Crippen molar-refractivity contribution in [2.75, 3.05) is 7.11 Å². The molecule has 1 fully saturated rings. The molecule has 1 aliphatic heterocycles. The molecule has 5 nitrogen and oxygen atoms in total. The van der Waals surface area contributed by atoms with Gasteiger partial charge in [0.05, 0.1) is 25.4 Å². The molecular formula is C36H68O5Si. The van der Waals surface area contributed by atoms with Gasteiger partial charge in [0, 0.05) is 12.8 Å². The highest BCUT2D eigenvalue weighted by Crippen LogP contribution is 2.40. The fourth-order valence-electron chi connectivity index (χ4n) is 5.47. The average molecular weight is 609 g/mol. The third-order valence-electron chi connectivity index (χ3n) is 9.36. The Morgan fingerprint density at radius 3 is 1.95 bits per heavy atom. The molecule has 0 saturated carbocycles. The molecule has 0 aromatic rings. The van der Waals surface area contributed by atoms with E-state index in [1.807, 2.05) is 0 Å². The van der Waals surface area contributed by atoms with Gasteiger partial charge in [-0.05, 0) is 50.2 Å². The second kappa shape index (κ2) is 22.6. The summed E-state index contributed by atoms with van der Waals surface area (Å²) in [4.78, 5) is 11.2. The zero-order chi connectivity index (χ0) is 31.3. The summed E-state index contributed by atoms with van der Waals surface area (Å²) >= 11 is 0. The van der Waals surface area contributed by atoms with Crippen molar-refractivity contribution in [2.45, 2.75) is 205 Å². The summed E-state index contributed by atoms with van der Waals surface area (Å²) in [5.74, 6) is 6.15. The van der Waals surface area contributed by atoms with E-state index in [-0.39, 0.29) is 29.3 Å².